The van der Waals surface area contributed by atoms with E-state index in [4.69, 9.17) is 0 Å². The number of allylic oxidation sites excluding steroid dienone is 2. The molecule has 2 unspecified atom stereocenters. The largest absolute Gasteiger partial charge is 0.303 e. The summed E-state index contributed by atoms with van der Waals surface area (Å²) < 4.78 is 0. The van der Waals surface area contributed by atoms with Gasteiger partial charge in [0.25, 0.3) is 0 Å². The summed E-state index contributed by atoms with van der Waals surface area (Å²) in [6.45, 7) is 2.05. The number of hydrogen-bond acceptors (Lipinski definition) is 1. The highest BCUT2D eigenvalue weighted by molar-refractivity contribution is 5.50. The number of rotatable bonds is 3. The lowest BCUT2D eigenvalue weighted by Crippen LogP contribution is -2.05. The molecule has 0 aliphatic heterocycles. The minimum absolute atomic E-state index is 0.642. The van der Waals surface area contributed by atoms with Gasteiger partial charge in [0.05, 0.1) is 0 Å². The summed E-state index contributed by atoms with van der Waals surface area (Å²) in [6.07, 6.45) is 10.0. The first-order valence-electron chi connectivity index (χ1n) is 4.45. The van der Waals surface area contributed by atoms with Crippen LogP contribution in [0.25, 0.3) is 0 Å². The van der Waals surface area contributed by atoms with Crippen molar-refractivity contribution in [1.82, 2.24) is 0 Å². The van der Waals surface area contributed by atoms with Gasteiger partial charge >= 0.3 is 0 Å². The van der Waals surface area contributed by atoms with Crippen LogP contribution in [0.5, 0.6) is 0 Å². The molecule has 1 aliphatic carbocycles. The van der Waals surface area contributed by atoms with E-state index < -0.39 is 0 Å². The molecule has 11 heavy (non-hydrogen) atoms. The Morgan fingerprint density at radius 2 is 2.27 bits per heavy atom. The normalized spacial score (nSPS) is 31.4. The summed E-state index contributed by atoms with van der Waals surface area (Å²) >= 11 is 0. The lowest BCUT2D eigenvalue weighted by atomic mass is 9.93. The van der Waals surface area contributed by atoms with E-state index >= 15 is 0 Å². The number of carbonyl (C=O) groups is 1. The SMILES string of the molecule is C/C=C\C1CCCC1CC=O. The van der Waals surface area contributed by atoms with Crippen LogP contribution in [-0.2, 0) is 4.79 Å². The number of carbonyl (C=O) groups excluding carboxylic acids is 1. The van der Waals surface area contributed by atoms with E-state index in [-0.39, 0.29) is 0 Å². The monoisotopic (exact) mass is 152 g/mol. The maximum absolute atomic E-state index is 10.3. The molecular weight excluding hydrogens is 136 g/mol. The zero-order valence-electron chi connectivity index (χ0n) is 7.12. The van der Waals surface area contributed by atoms with E-state index in [0.717, 1.165) is 12.7 Å². The molecular formula is C10H16O. The van der Waals surface area contributed by atoms with Gasteiger partial charge in [-0.25, -0.2) is 0 Å². The van der Waals surface area contributed by atoms with Gasteiger partial charge in [-0.15, -0.1) is 0 Å². The Bertz CT molecular complexity index is 149. The molecule has 0 radical (unpaired) electrons. The number of aldehydes is 1. The summed E-state index contributed by atoms with van der Waals surface area (Å²) in [7, 11) is 0. The number of hydrogen-bond donors (Lipinski definition) is 0. The van der Waals surface area contributed by atoms with Gasteiger partial charge in [0, 0.05) is 6.42 Å². The van der Waals surface area contributed by atoms with Crippen molar-refractivity contribution < 1.29 is 4.79 Å². The minimum Gasteiger partial charge on any atom is -0.303 e. The zero-order valence-corrected chi connectivity index (χ0v) is 7.12. The van der Waals surface area contributed by atoms with Crippen LogP contribution in [0.3, 0.4) is 0 Å². The van der Waals surface area contributed by atoms with Crippen LogP contribution in [0.2, 0.25) is 0 Å². The maximum Gasteiger partial charge on any atom is 0.120 e. The van der Waals surface area contributed by atoms with Gasteiger partial charge in [-0.05, 0) is 31.6 Å². The quantitative estimate of drug-likeness (QED) is 0.448. The van der Waals surface area contributed by atoms with Gasteiger partial charge in [-0.1, -0.05) is 18.6 Å². The van der Waals surface area contributed by atoms with E-state index in [9.17, 15) is 4.79 Å². The third-order valence-corrected chi connectivity index (χ3v) is 2.56. The molecule has 1 rings (SSSR count). The van der Waals surface area contributed by atoms with Crippen molar-refractivity contribution in [2.24, 2.45) is 11.8 Å². The second-order valence-electron chi connectivity index (χ2n) is 3.28. The molecule has 0 saturated heterocycles. The molecule has 0 heterocycles. The molecule has 1 fully saturated rings. The summed E-state index contributed by atoms with van der Waals surface area (Å²) in [4.78, 5) is 10.3. The Morgan fingerprint density at radius 1 is 1.45 bits per heavy atom. The van der Waals surface area contributed by atoms with Crippen LogP contribution in [0.1, 0.15) is 32.6 Å². The Hall–Kier alpha value is -0.590. The minimum atomic E-state index is 0.642. The molecule has 0 amide bonds. The standard InChI is InChI=1S/C10H16O/c1-2-4-9-5-3-6-10(9)7-8-11/h2,4,8-10H,3,5-7H2,1H3/b4-2-. The van der Waals surface area contributed by atoms with Crippen LogP contribution in [-0.4, -0.2) is 6.29 Å². The molecule has 0 aromatic carbocycles. The molecule has 1 saturated carbocycles. The summed E-state index contributed by atoms with van der Waals surface area (Å²) in [5.74, 6) is 1.33. The highest BCUT2D eigenvalue weighted by atomic mass is 16.1. The van der Waals surface area contributed by atoms with Crippen molar-refractivity contribution in [2.45, 2.75) is 32.6 Å². The Kier molecular flexibility index (Phi) is 3.34. The summed E-state index contributed by atoms with van der Waals surface area (Å²) in [6, 6.07) is 0. The lowest BCUT2D eigenvalue weighted by molar-refractivity contribution is -0.108. The van der Waals surface area contributed by atoms with Crippen molar-refractivity contribution in [3.63, 3.8) is 0 Å². The van der Waals surface area contributed by atoms with Gasteiger partial charge in [0.1, 0.15) is 6.29 Å². The average Bonchev–Trinajstić information content (AvgIpc) is 2.39. The van der Waals surface area contributed by atoms with E-state index in [1.54, 1.807) is 0 Å². The van der Waals surface area contributed by atoms with E-state index in [1.807, 2.05) is 0 Å². The van der Waals surface area contributed by atoms with Crippen LogP contribution in [0.15, 0.2) is 12.2 Å². The summed E-state index contributed by atoms with van der Waals surface area (Å²) in [5, 5.41) is 0. The molecule has 0 aromatic heterocycles. The van der Waals surface area contributed by atoms with Crippen molar-refractivity contribution in [3.05, 3.63) is 12.2 Å². The van der Waals surface area contributed by atoms with Crippen molar-refractivity contribution >= 4 is 6.29 Å². The van der Waals surface area contributed by atoms with E-state index in [1.165, 1.54) is 19.3 Å². The second-order valence-corrected chi connectivity index (χ2v) is 3.28. The van der Waals surface area contributed by atoms with Crippen molar-refractivity contribution in [2.75, 3.05) is 0 Å². The van der Waals surface area contributed by atoms with E-state index in [0.29, 0.717) is 11.8 Å². The van der Waals surface area contributed by atoms with Crippen molar-refractivity contribution in [1.29, 1.82) is 0 Å². The average molecular weight is 152 g/mol. The highest BCUT2D eigenvalue weighted by Gasteiger charge is 2.23. The third kappa shape index (κ3) is 2.18. The smallest absolute Gasteiger partial charge is 0.120 e. The molecule has 0 spiro atoms. The predicted molar refractivity (Wildman–Crippen MR) is 46.3 cm³/mol. The molecule has 0 aromatic rings. The molecule has 1 aliphatic rings. The third-order valence-electron chi connectivity index (χ3n) is 2.56. The molecule has 1 heteroatoms. The van der Waals surface area contributed by atoms with Gasteiger partial charge in [-0.3, -0.25) is 0 Å². The topological polar surface area (TPSA) is 17.1 Å². The first-order chi connectivity index (χ1) is 5.38. The molecule has 1 nitrogen and oxygen atoms in total. The predicted octanol–water partition coefficient (Wildman–Crippen LogP) is 2.57. The Labute approximate surface area is 68.5 Å². The Morgan fingerprint density at radius 3 is 2.91 bits per heavy atom. The molecule has 62 valence electrons. The fourth-order valence-electron chi connectivity index (χ4n) is 1.98. The highest BCUT2D eigenvalue weighted by Crippen LogP contribution is 2.34. The fourth-order valence-corrected chi connectivity index (χ4v) is 1.98. The molecule has 0 N–H and O–H groups in total. The van der Waals surface area contributed by atoms with Gasteiger partial charge in [0.15, 0.2) is 0 Å². The fraction of sp³-hybridized carbons (Fsp3) is 0.700. The van der Waals surface area contributed by atoms with Crippen LogP contribution in [0.4, 0.5) is 0 Å². The molecule has 2 atom stereocenters. The summed E-state index contributed by atoms with van der Waals surface area (Å²) in [5.41, 5.74) is 0. The van der Waals surface area contributed by atoms with Crippen LogP contribution < -0.4 is 0 Å². The first kappa shape index (κ1) is 8.51. The maximum atomic E-state index is 10.3. The second kappa shape index (κ2) is 4.32. The zero-order chi connectivity index (χ0) is 8.10. The Balaban J connectivity index is 2.43. The van der Waals surface area contributed by atoms with Crippen LogP contribution >= 0.6 is 0 Å². The molecule has 0 bridgehead atoms. The van der Waals surface area contributed by atoms with Crippen LogP contribution in [0, 0.1) is 11.8 Å². The van der Waals surface area contributed by atoms with Gasteiger partial charge < -0.3 is 4.79 Å². The van der Waals surface area contributed by atoms with Crippen molar-refractivity contribution in [3.8, 4) is 0 Å². The lowest BCUT2D eigenvalue weighted by Gasteiger charge is -2.11. The first-order valence-corrected chi connectivity index (χ1v) is 4.45. The van der Waals surface area contributed by atoms with E-state index in [2.05, 4.69) is 19.1 Å². The van der Waals surface area contributed by atoms with Gasteiger partial charge in [0.2, 0.25) is 0 Å². The van der Waals surface area contributed by atoms with Gasteiger partial charge in [-0.2, -0.15) is 0 Å².